The van der Waals surface area contributed by atoms with E-state index in [9.17, 15) is 0 Å². The lowest BCUT2D eigenvalue weighted by atomic mass is 10.0. The van der Waals surface area contributed by atoms with Gasteiger partial charge in [-0.15, -0.1) is 0 Å². The number of fused-ring (bicyclic) bond motifs is 1. The monoisotopic (exact) mass is 267 g/mol. The lowest BCUT2D eigenvalue weighted by Gasteiger charge is -2.05. The van der Waals surface area contributed by atoms with Crippen LogP contribution in [0.1, 0.15) is 37.3 Å². The minimum absolute atomic E-state index is 0.523. The summed E-state index contributed by atoms with van der Waals surface area (Å²) in [5.74, 6) is 0.523. The van der Waals surface area contributed by atoms with E-state index in [4.69, 9.17) is 4.84 Å². The molecule has 0 aromatic heterocycles. The van der Waals surface area contributed by atoms with Gasteiger partial charge >= 0.3 is 0 Å². The molecule has 0 bridgehead atoms. The summed E-state index contributed by atoms with van der Waals surface area (Å²) in [5, 5.41) is 4.17. The van der Waals surface area contributed by atoms with Gasteiger partial charge in [0, 0.05) is 16.5 Å². The van der Waals surface area contributed by atoms with Crippen molar-refractivity contribution in [2.75, 3.05) is 6.61 Å². The zero-order valence-electron chi connectivity index (χ0n) is 8.96. The smallest absolute Gasteiger partial charge is 0.114 e. The molecule has 0 radical (unpaired) electrons. The van der Waals surface area contributed by atoms with Crippen LogP contribution in [0.4, 0.5) is 0 Å². The van der Waals surface area contributed by atoms with Crippen LogP contribution in [0.2, 0.25) is 0 Å². The summed E-state index contributed by atoms with van der Waals surface area (Å²) < 4.78 is 1.18. The summed E-state index contributed by atoms with van der Waals surface area (Å²) in [6.45, 7) is 4.80. The summed E-state index contributed by atoms with van der Waals surface area (Å²) in [6.07, 6.45) is 0.970. The van der Waals surface area contributed by atoms with Crippen LogP contribution in [0.25, 0.3) is 0 Å². The molecule has 2 rings (SSSR count). The van der Waals surface area contributed by atoms with E-state index in [0.717, 1.165) is 12.1 Å². The maximum atomic E-state index is 5.14. The molecule has 0 spiro atoms. The Morgan fingerprint density at radius 1 is 1.53 bits per heavy atom. The van der Waals surface area contributed by atoms with Gasteiger partial charge in [0.25, 0.3) is 0 Å². The number of oxime groups is 1. The van der Waals surface area contributed by atoms with Gasteiger partial charge in [0.2, 0.25) is 0 Å². The quantitative estimate of drug-likeness (QED) is 0.749. The molecule has 1 aliphatic rings. The Morgan fingerprint density at radius 3 is 3.07 bits per heavy atom. The predicted octanol–water partition coefficient (Wildman–Crippen LogP) is 3.70. The molecule has 1 atom stereocenters. The van der Waals surface area contributed by atoms with Crippen molar-refractivity contribution in [3.05, 3.63) is 33.8 Å². The van der Waals surface area contributed by atoms with Crippen LogP contribution in [0.5, 0.6) is 0 Å². The fourth-order valence-corrected chi connectivity index (χ4v) is 2.78. The van der Waals surface area contributed by atoms with E-state index in [-0.39, 0.29) is 0 Å². The number of benzene rings is 1. The zero-order valence-corrected chi connectivity index (χ0v) is 10.5. The maximum absolute atomic E-state index is 5.14. The molecule has 80 valence electrons. The van der Waals surface area contributed by atoms with Crippen molar-refractivity contribution in [1.82, 2.24) is 0 Å². The van der Waals surface area contributed by atoms with Crippen molar-refractivity contribution >= 4 is 21.6 Å². The highest BCUT2D eigenvalue weighted by Gasteiger charge is 2.26. The van der Waals surface area contributed by atoms with Gasteiger partial charge in [-0.25, -0.2) is 0 Å². The molecule has 0 saturated carbocycles. The van der Waals surface area contributed by atoms with Gasteiger partial charge in [0.1, 0.15) is 6.61 Å². The van der Waals surface area contributed by atoms with Crippen molar-refractivity contribution in [3.8, 4) is 0 Å². The summed E-state index contributed by atoms with van der Waals surface area (Å²) in [6, 6.07) is 6.24. The van der Waals surface area contributed by atoms with Crippen molar-refractivity contribution in [2.45, 2.75) is 26.2 Å². The molecule has 1 aromatic carbocycles. The number of nitrogens with zero attached hydrogens (tertiary/aromatic N) is 1. The van der Waals surface area contributed by atoms with Gasteiger partial charge in [0.05, 0.1) is 5.71 Å². The number of hydrogen-bond acceptors (Lipinski definition) is 2. The molecule has 0 amide bonds. The van der Waals surface area contributed by atoms with Crippen LogP contribution in [0, 0.1) is 0 Å². The Bertz CT molecular complexity index is 401. The Labute approximate surface area is 98.4 Å². The molecule has 15 heavy (non-hydrogen) atoms. The second kappa shape index (κ2) is 4.35. The van der Waals surface area contributed by atoms with E-state index < -0.39 is 0 Å². The average Bonchev–Trinajstić information content (AvgIpc) is 2.54. The zero-order chi connectivity index (χ0) is 10.8. The van der Waals surface area contributed by atoms with E-state index >= 15 is 0 Å². The van der Waals surface area contributed by atoms with Crippen LogP contribution < -0.4 is 0 Å². The molecular formula is C12H14BrNO. The van der Waals surface area contributed by atoms with Gasteiger partial charge in [-0.1, -0.05) is 40.1 Å². The minimum Gasteiger partial charge on any atom is -0.396 e. The molecule has 0 N–H and O–H groups in total. The predicted molar refractivity (Wildman–Crippen MR) is 65.3 cm³/mol. The molecule has 0 saturated heterocycles. The van der Waals surface area contributed by atoms with Crippen molar-refractivity contribution in [2.24, 2.45) is 5.16 Å². The van der Waals surface area contributed by atoms with E-state index in [2.05, 4.69) is 40.1 Å². The SMILES string of the molecule is CCO/N=C1/C[C@@H](C)c2c(Br)cccc21. The fraction of sp³-hybridized carbons (Fsp3) is 0.417. The van der Waals surface area contributed by atoms with Gasteiger partial charge < -0.3 is 4.84 Å². The highest BCUT2D eigenvalue weighted by Crippen LogP contribution is 2.37. The Morgan fingerprint density at radius 2 is 2.33 bits per heavy atom. The summed E-state index contributed by atoms with van der Waals surface area (Å²) >= 11 is 3.59. The Hall–Kier alpha value is -0.830. The highest BCUT2D eigenvalue weighted by atomic mass is 79.9. The molecule has 1 aliphatic carbocycles. The Balaban J connectivity index is 2.42. The first-order chi connectivity index (χ1) is 7.24. The number of halogens is 1. The van der Waals surface area contributed by atoms with Crippen molar-refractivity contribution < 1.29 is 4.84 Å². The molecule has 0 aliphatic heterocycles. The minimum atomic E-state index is 0.523. The number of rotatable bonds is 2. The third-order valence-electron chi connectivity index (χ3n) is 2.66. The molecule has 2 nitrogen and oxygen atoms in total. The van der Waals surface area contributed by atoms with Crippen molar-refractivity contribution in [3.63, 3.8) is 0 Å². The van der Waals surface area contributed by atoms with E-state index in [1.807, 2.05) is 13.0 Å². The largest absolute Gasteiger partial charge is 0.396 e. The first kappa shape index (κ1) is 10.7. The maximum Gasteiger partial charge on any atom is 0.114 e. The molecule has 0 heterocycles. The van der Waals surface area contributed by atoms with E-state index in [1.54, 1.807) is 0 Å². The highest BCUT2D eigenvalue weighted by molar-refractivity contribution is 9.10. The third kappa shape index (κ3) is 1.93. The summed E-state index contributed by atoms with van der Waals surface area (Å²) in [4.78, 5) is 5.14. The van der Waals surface area contributed by atoms with Crippen LogP contribution in [-0.2, 0) is 4.84 Å². The lowest BCUT2D eigenvalue weighted by molar-refractivity contribution is 0.158. The van der Waals surface area contributed by atoms with Crippen molar-refractivity contribution in [1.29, 1.82) is 0 Å². The van der Waals surface area contributed by atoms with Crippen LogP contribution >= 0.6 is 15.9 Å². The lowest BCUT2D eigenvalue weighted by Crippen LogP contribution is -1.96. The third-order valence-corrected chi connectivity index (χ3v) is 3.35. The molecule has 0 fully saturated rings. The molecular weight excluding hydrogens is 254 g/mol. The molecule has 0 unspecified atom stereocenters. The second-order valence-electron chi connectivity index (χ2n) is 3.76. The van der Waals surface area contributed by atoms with Gasteiger partial charge in [-0.05, 0) is 24.5 Å². The van der Waals surface area contributed by atoms with E-state index in [1.165, 1.54) is 15.6 Å². The first-order valence-corrected chi connectivity index (χ1v) is 6.01. The van der Waals surface area contributed by atoms with Crippen LogP contribution in [-0.4, -0.2) is 12.3 Å². The van der Waals surface area contributed by atoms with E-state index in [0.29, 0.717) is 12.5 Å². The Kier molecular flexibility index (Phi) is 3.10. The van der Waals surface area contributed by atoms with Gasteiger partial charge in [0.15, 0.2) is 0 Å². The summed E-state index contributed by atoms with van der Waals surface area (Å²) in [7, 11) is 0. The second-order valence-corrected chi connectivity index (χ2v) is 4.62. The van der Waals surface area contributed by atoms with Gasteiger partial charge in [-0.2, -0.15) is 0 Å². The summed E-state index contributed by atoms with van der Waals surface area (Å²) in [5.41, 5.74) is 3.65. The van der Waals surface area contributed by atoms with Crippen LogP contribution in [0.3, 0.4) is 0 Å². The fourth-order valence-electron chi connectivity index (χ4n) is 2.02. The molecule has 1 aromatic rings. The molecule has 3 heteroatoms. The van der Waals surface area contributed by atoms with Gasteiger partial charge in [-0.3, -0.25) is 0 Å². The first-order valence-electron chi connectivity index (χ1n) is 5.21. The number of hydrogen-bond donors (Lipinski definition) is 0. The standard InChI is InChI=1S/C12H14BrNO/c1-3-15-14-11-7-8(2)12-9(11)5-4-6-10(12)13/h4-6,8H,3,7H2,1-2H3/b14-11-/t8-/m1/s1. The normalized spacial score (nSPS) is 21.8. The average molecular weight is 268 g/mol. The topological polar surface area (TPSA) is 21.6 Å². The van der Waals surface area contributed by atoms with Crippen LogP contribution in [0.15, 0.2) is 27.8 Å².